The number of carbonyl (C=O) groups excluding carboxylic acids is 1. The van der Waals surface area contributed by atoms with Crippen LogP contribution in [0.15, 0.2) is 60.8 Å². The lowest BCUT2D eigenvalue weighted by Gasteiger charge is -2.46. The predicted molar refractivity (Wildman–Crippen MR) is 240 cm³/mol. The Labute approximate surface area is 371 Å². The monoisotopic (exact) mass is 882 g/mol. The van der Waals surface area contributed by atoms with Crippen LogP contribution in [-0.4, -0.2) is 140 Å². The van der Waals surface area contributed by atoms with Gasteiger partial charge in [0.25, 0.3) is 0 Å². The lowest BCUT2D eigenvalue weighted by Crippen LogP contribution is -2.65. The zero-order chi connectivity index (χ0) is 45.4. The SMILES string of the molecule is CCC/C=C\C/C=C\CCCCCCCC(=O)NC(COC1OC(CO)C(OC2OC(CO)C(O)C(O)C2O)C(O)C1O)C(O)/C=C/CC/C=C/CC/C=C/CCCCCCC. The number of hydrogen-bond donors (Lipinski definition) is 9. The second-order valence-corrected chi connectivity index (χ2v) is 16.5. The number of hydrogen-bond acceptors (Lipinski definition) is 13. The summed E-state index contributed by atoms with van der Waals surface area (Å²) in [5.41, 5.74) is 0. The van der Waals surface area contributed by atoms with Crippen LogP contribution in [0.1, 0.15) is 142 Å². The number of allylic oxidation sites excluding steroid dienone is 9. The van der Waals surface area contributed by atoms with Crippen molar-refractivity contribution in [3.63, 3.8) is 0 Å². The topological polar surface area (TPSA) is 228 Å². The van der Waals surface area contributed by atoms with E-state index >= 15 is 0 Å². The quantitative estimate of drug-likeness (QED) is 0.0304. The number of amides is 1. The first-order valence-corrected chi connectivity index (χ1v) is 23.5. The maximum absolute atomic E-state index is 13.1. The second kappa shape index (κ2) is 35.0. The highest BCUT2D eigenvalue weighted by atomic mass is 16.7. The normalized spacial score (nSPS) is 28.3. The van der Waals surface area contributed by atoms with Crippen molar-refractivity contribution in [3.05, 3.63) is 60.8 Å². The van der Waals surface area contributed by atoms with Gasteiger partial charge < -0.3 is 65.1 Å². The van der Waals surface area contributed by atoms with E-state index in [1.54, 1.807) is 6.08 Å². The molecule has 0 aromatic carbocycles. The molecule has 1 amide bonds. The molecule has 2 fully saturated rings. The van der Waals surface area contributed by atoms with Crippen molar-refractivity contribution in [1.29, 1.82) is 0 Å². The largest absolute Gasteiger partial charge is 0.394 e. The van der Waals surface area contributed by atoms with E-state index in [1.165, 1.54) is 32.1 Å². The minimum absolute atomic E-state index is 0.251. The minimum atomic E-state index is -1.79. The van der Waals surface area contributed by atoms with Gasteiger partial charge >= 0.3 is 0 Å². The summed E-state index contributed by atoms with van der Waals surface area (Å²) in [6.45, 7) is 2.63. The van der Waals surface area contributed by atoms with Gasteiger partial charge in [-0.05, 0) is 70.6 Å². The van der Waals surface area contributed by atoms with Gasteiger partial charge in [-0.2, -0.15) is 0 Å². The first-order valence-electron chi connectivity index (χ1n) is 23.5. The second-order valence-electron chi connectivity index (χ2n) is 16.5. The third kappa shape index (κ3) is 22.5. The maximum Gasteiger partial charge on any atom is 0.220 e. The van der Waals surface area contributed by atoms with Crippen LogP contribution in [0.3, 0.4) is 0 Å². The smallest absolute Gasteiger partial charge is 0.220 e. The van der Waals surface area contributed by atoms with E-state index in [0.717, 1.165) is 77.0 Å². The average molecular weight is 882 g/mol. The van der Waals surface area contributed by atoms with Gasteiger partial charge in [0, 0.05) is 6.42 Å². The number of aliphatic hydroxyl groups is 8. The van der Waals surface area contributed by atoms with Gasteiger partial charge in [-0.1, -0.05) is 126 Å². The summed E-state index contributed by atoms with van der Waals surface area (Å²) in [6, 6.07) is -0.945. The Balaban J connectivity index is 1.93. The van der Waals surface area contributed by atoms with E-state index in [1.807, 2.05) is 6.08 Å². The number of ether oxygens (including phenoxy) is 4. The Morgan fingerprint density at radius 2 is 1.11 bits per heavy atom. The van der Waals surface area contributed by atoms with Crippen LogP contribution < -0.4 is 5.32 Å². The molecular formula is C48H83NO13. The first-order chi connectivity index (χ1) is 30.1. The number of unbranched alkanes of at least 4 members (excludes halogenated alkanes) is 13. The molecule has 358 valence electrons. The molecule has 0 bridgehead atoms. The van der Waals surface area contributed by atoms with Crippen LogP contribution in [-0.2, 0) is 23.7 Å². The van der Waals surface area contributed by atoms with Gasteiger partial charge in [-0.3, -0.25) is 4.79 Å². The highest BCUT2D eigenvalue weighted by Crippen LogP contribution is 2.30. The van der Waals surface area contributed by atoms with E-state index in [-0.39, 0.29) is 18.9 Å². The standard InChI is InChI=1S/C48H83NO13/c1-3-5-7-9-11-13-15-17-18-20-21-23-25-27-29-31-37(52)36(49-40(53)32-30-28-26-24-22-19-16-14-12-10-8-6-4-2)35-59-47-45(58)43(56)46(39(34-51)61-47)62-48-44(57)42(55)41(54)38(33-50)60-48/h8,10,14-17,21,23,29,31,36-39,41-48,50-52,54-58H,3-7,9,11-13,18-20,22,24-28,30,32-35H2,1-2H3,(H,49,53)/b10-8-,16-14-,17-15+,23-21+,31-29+. The molecule has 14 nitrogen and oxygen atoms in total. The predicted octanol–water partition coefficient (Wildman–Crippen LogP) is 5.10. The number of nitrogens with one attached hydrogen (secondary N) is 1. The molecule has 0 aliphatic carbocycles. The summed E-state index contributed by atoms with van der Waals surface area (Å²) in [5, 5.41) is 86.5. The van der Waals surface area contributed by atoms with Gasteiger partial charge in [0.2, 0.25) is 5.91 Å². The first kappa shape index (κ1) is 55.8. The highest BCUT2D eigenvalue weighted by molar-refractivity contribution is 5.76. The van der Waals surface area contributed by atoms with Crippen molar-refractivity contribution in [2.75, 3.05) is 19.8 Å². The molecule has 0 radical (unpaired) electrons. The molecule has 0 spiro atoms. The van der Waals surface area contributed by atoms with Gasteiger partial charge in [-0.15, -0.1) is 0 Å². The number of carbonyl (C=O) groups is 1. The summed E-state index contributed by atoms with van der Waals surface area (Å²) < 4.78 is 22.6. The molecule has 0 aromatic rings. The molecule has 9 N–H and O–H groups in total. The summed E-state index contributed by atoms with van der Waals surface area (Å²) in [6.07, 6.45) is 24.1. The van der Waals surface area contributed by atoms with Crippen molar-refractivity contribution in [3.8, 4) is 0 Å². The molecule has 2 heterocycles. The number of aliphatic hydroxyl groups excluding tert-OH is 8. The molecule has 0 aromatic heterocycles. The van der Waals surface area contributed by atoms with Crippen molar-refractivity contribution >= 4 is 5.91 Å². The van der Waals surface area contributed by atoms with Crippen LogP contribution in [0.2, 0.25) is 0 Å². The number of rotatable bonds is 34. The van der Waals surface area contributed by atoms with E-state index in [9.17, 15) is 45.6 Å². The lowest BCUT2D eigenvalue weighted by molar-refractivity contribution is -0.359. The molecule has 14 heteroatoms. The lowest BCUT2D eigenvalue weighted by atomic mass is 9.97. The van der Waals surface area contributed by atoms with Crippen molar-refractivity contribution in [1.82, 2.24) is 5.32 Å². The highest BCUT2D eigenvalue weighted by Gasteiger charge is 2.50. The third-order valence-electron chi connectivity index (χ3n) is 11.1. The summed E-state index contributed by atoms with van der Waals surface area (Å²) >= 11 is 0. The summed E-state index contributed by atoms with van der Waals surface area (Å²) in [7, 11) is 0. The Hall–Kier alpha value is -2.31. The van der Waals surface area contributed by atoms with Gasteiger partial charge in [-0.25, -0.2) is 0 Å². The van der Waals surface area contributed by atoms with Crippen LogP contribution in [0.4, 0.5) is 0 Å². The fourth-order valence-electron chi connectivity index (χ4n) is 7.24. The Morgan fingerprint density at radius 3 is 1.74 bits per heavy atom. The molecule has 2 aliphatic rings. The zero-order valence-electron chi connectivity index (χ0n) is 37.6. The molecule has 2 aliphatic heterocycles. The maximum atomic E-state index is 13.1. The average Bonchev–Trinajstić information content (AvgIpc) is 3.27. The van der Waals surface area contributed by atoms with Crippen LogP contribution >= 0.6 is 0 Å². The van der Waals surface area contributed by atoms with E-state index in [4.69, 9.17) is 18.9 Å². The van der Waals surface area contributed by atoms with E-state index in [0.29, 0.717) is 12.8 Å². The molecular weight excluding hydrogens is 799 g/mol. The van der Waals surface area contributed by atoms with E-state index in [2.05, 4.69) is 67.8 Å². The van der Waals surface area contributed by atoms with Crippen molar-refractivity contribution in [2.45, 2.75) is 216 Å². The Kier molecular flexibility index (Phi) is 31.5. The van der Waals surface area contributed by atoms with Crippen molar-refractivity contribution < 1.29 is 64.6 Å². The van der Waals surface area contributed by atoms with Gasteiger partial charge in [0.05, 0.1) is 32.0 Å². The molecule has 2 saturated heterocycles. The van der Waals surface area contributed by atoms with Gasteiger partial charge in [0.15, 0.2) is 12.6 Å². The molecule has 0 saturated carbocycles. The molecule has 12 unspecified atom stereocenters. The minimum Gasteiger partial charge on any atom is -0.394 e. The van der Waals surface area contributed by atoms with Crippen LogP contribution in [0, 0.1) is 0 Å². The molecule has 62 heavy (non-hydrogen) atoms. The fraction of sp³-hybridized carbons (Fsp3) is 0.771. The molecule has 12 atom stereocenters. The summed E-state index contributed by atoms with van der Waals surface area (Å²) in [4.78, 5) is 13.1. The Bertz CT molecular complexity index is 1270. The zero-order valence-corrected chi connectivity index (χ0v) is 37.6. The van der Waals surface area contributed by atoms with E-state index < -0.39 is 86.8 Å². The van der Waals surface area contributed by atoms with Crippen molar-refractivity contribution in [2.24, 2.45) is 0 Å². The van der Waals surface area contributed by atoms with Gasteiger partial charge in [0.1, 0.15) is 48.8 Å². The fourth-order valence-corrected chi connectivity index (χ4v) is 7.24. The third-order valence-corrected chi connectivity index (χ3v) is 11.1. The Morgan fingerprint density at radius 1 is 0.581 bits per heavy atom. The van der Waals surface area contributed by atoms with Crippen LogP contribution in [0.5, 0.6) is 0 Å². The van der Waals surface area contributed by atoms with Crippen LogP contribution in [0.25, 0.3) is 0 Å². The molecule has 2 rings (SSSR count). The summed E-state index contributed by atoms with van der Waals surface area (Å²) in [5.74, 6) is -0.273.